The van der Waals surface area contributed by atoms with Gasteiger partial charge in [0, 0.05) is 43.8 Å². The van der Waals surface area contributed by atoms with E-state index in [9.17, 15) is 28.1 Å². The standard InChI is InChI=1S/C24H21F3N2O5/c1-15-19(25)14-21(23(27)22(15)26)34-20(16-6-4-3-5-7-16)12-13-28(2)24(30)33-18-10-8-17(9-11-18)29(31)32/h3-11,14,20H,12-13H2,1-2H3. The number of benzene rings is 3. The summed E-state index contributed by atoms with van der Waals surface area (Å²) in [6.07, 6.45) is -1.42. The predicted octanol–water partition coefficient (Wildman–Crippen LogP) is 5.96. The Morgan fingerprint density at radius 3 is 2.32 bits per heavy atom. The highest BCUT2D eigenvalue weighted by Crippen LogP contribution is 2.31. The number of ether oxygens (including phenoxy) is 2. The van der Waals surface area contributed by atoms with Crippen LogP contribution >= 0.6 is 0 Å². The molecule has 0 spiro atoms. The van der Waals surface area contributed by atoms with Crippen molar-refractivity contribution in [1.29, 1.82) is 0 Å². The number of nitro benzene ring substituents is 1. The third-order valence-corrected chi connectivity index (χ3v) is 5.09. The Morgan fingerprint density at radius 1 is 1.06 bits per heavy atom. The van der Waals surface area contributed by atoms with Crippen molar-refractivity contribution in [3.63, 3.8) is 0 Å². The first kappa shape index (κ1) is 24.6. The molecule has 0 N–H and O–H groups in total. The van der Waals surface area contributed by atoms with Gasteiger partial charge in [-0.2, -0.15) is 4.39 Å². The Kier molecular flexibility index (Phi) is 7.72. The average Bonchev–Trinajstić information content (AvgIpc) is 2.84. The number of non-ortho nitro benzene ring substituents is 1. The monoisotopic (exact) mass is 474 g/mol. The van der Waals surface area contributed by atoms with E-state index in [2.05, 4.69) is 0 Å². The Hall–Kier alpha value is -4.08. The summed E-state index contributed by atoms with van der Waals surface area (Å²) in [6.45, 7) is 1.21. The lowest BCUT2D eigenvalue weighted by Gasteiger charge is -2.23. The van der Waals surface area contributed by atoms with Gasteiger partial charge in [-0.15, -0.1) is 0 Å². The largest absolute Gasteiger partial charge is 0.482 e. The lowest BCUT2D eigenvalue weighted by Crippen LogP contribution is -2.32. The van der Waals surface area contributed by atoms with Gasteiger partial charge < -0.3 is 14.4 Å². The zero-order chi connectivity index (χ0) is 24.8. The van der Waals surface area contributed by atoms with Crippen LogP contribution in [0.25, 0.3) is 0 Å². The van der Waals surface area contributed by atoms with Crippen molar-refractivity contribution >= 4 is 11.8 Å². The summed E-state index contributed by atoms with van der Waals surface area (Å²) < 4.78 is 53.2. The molecule has 3 aromatic carbocycles. The van der Waals surface area contributed by atoms with Gasteiger partial charge in [0.15, 0.2) is 11.6 Å². The minimum Gasteiger partial charge on any atom is -0.482 e. The van der Waals surface area contributed by atoms with E-state index in [1.807, 2.05) is 0 Å². The van der Waals surface area contributed by atoms with Crippen LogP contribution in [0, 0.1) is 34.5 Å². The number of nitrogens with zero attached hydrogens (tertiary/aromatic N) is 2. The molecule has 10 heteroatoms. The molecule has 178 valence electrons. The van der Waals surface area contributed by atoms with Crippen LogP contribution in [0.5, 0.6) is 11.5 Å². The smallest absolute Gasteiger partial charge is 0.414 e. The second-order valence-corrected chi connectivity index (χ2v) is 7.46. The van der Waals surface area contributed by atoms with Crippen molar-refractivity contribution in [2.75, 3.05) is 13.6 Å². The van der Waals surface area contributed by atoms with Crippen molar-refractivity contribution in [3.8, 4) is 11.5 Å². The number of nitro groups is 1. The molecule has 34 heavy (non-hydrogen) atoms. The molecule has 1 atom stereocenters. The van der Waals surface area contributed by atoms with Gasteiger partial charge in [-0.05, 0) is 24.6 Å². The lowest BCUT2D eigenvalue weighted by atomic mass is 10.1. The second kappa shape index (κ2) is 10.7. The van der Waals surface area contributed by atoms with Crippen LogP contribution in [0.15, 0.2) is 60.7 Å². The molecule has 0 aliphatic carbocycles. The van der Waals surface area contributed by atoms with E-state index >= 15 is 0 Å². The number of halogens is 3. The maximum atomic E-state index is 14.4. The van der Waals surface area contributed by atoms with Gasteiger partial charge in [0.25, 0.3) is 5.69 Å². The molecule has 0 aromatic heterocycles. The first-order valence-electron chi connectivity index (χ1n) is 10.2. The third-order valence-electron chi connectivity index (χ3n) is 5.09. The predicted molar refractivity (Wildman–Crippen MR) is 117 cm³/mol. The minimum absolute atomic E-state index is 0.0871. The Balaban J connectivity index is 1.71. The van der Waals surface area contributed by atoms with Gasteiger partial charge in [0.1, 0.15) is 17.7 Å². The molecule has 0 saturated carbocycles. The van der Waals surface area contributed by atoms with Gasteiger partial charge in [-0.3, -0.25) is 10.1 Å². The van der Waals surface area contributed by atoms with E-state index in [1.54, 1.807) is 30.3 Å². The van der Waals surface area contributed by atoms with Crippen molar-refractivity contribution < 1.29 is 32.4 Å². The molecule has 0 bridgehead atoms. The van der Waals surface area contributed by atoms with E-state index in [0.717, 1.165) is 13.0 Å². The van der Waals surface area contributed by atoms with Gasteiger partial charge in [0.05, 0.1) is 4.92 Å². The summed E-state index contributed by atoms with van der Waals surface area (Å²) in [5.74, 6) is -4.03. The normalized spacial score (nSPS) is 11.6. The zero-order valence-corrected chi connectivity index (χ0v) is 18.3. The molecule has 0 fully saturated rings. The summed E-state index contributed by atoms with van der Waals surface area (Å²) in [6, 6.07) is 14.4. The van der Waals surface area contributed by atoms with Crippen LogP contribution in [0.4, 0.5) is 23.7 Å². The van der Waals surface area contributed by atoms with E-state index in [1.165, 1.54) is 36.2 Å². The van der Waals surface area contributed by atoms with E-state index in [-0.39, 0.29) is 24.4 Å². The van der Waals surface area contributed by atoms with E-state index in [0.29, 0.717) is 5.56 Å². The maximum absolute atomic E-state index is 14.4. The Morgan fingerprint density at radius 2 is 1.71 bits per heavy atom. The first-order valence-corrected chi connectivity index (χ1v) is 10.2. The number of rotatable bonds is 8. The molecule has 0 heterocycles. The van der Waals surface area contributed by atoms with E-state index in [4.69, 9.17) is 9.47 Å². The minimum atomic E-state index is -1.33. The Bertz CT molecular complexity index is 1170. The molecule has 0 saturated heterocycles. The number of hydrogen-bond donors (Lipinski definition) is 0. The topological polar surface area (TPSA) is 81.9 Å². The zero-order valence-electron chi connectivity index (χ0n) is 18.3. The maximum Gasteiger partial charge on any atom is 0.414 e. The third kappa shape index (κ3) is 5.83. The fourth-order valence-electron chi connectivity index (χ4n) is 3.08. The average molecular weight is 474 g/mol. The number of hydrogen-bond acceptors (Lipinski definition) is 5. The second-order valence-electron chi connectivity index (χ2n) is 7.46. The van der Waals surface area contributed by atoms with Crippen LogP contribution in [-0.4, -0.2) is 29.5 Å². The number of carbonyl (C=O) groups is 1. The Labute approximate surface area is 193 Å². The number of carbonyl (C=O) groups excluding carboxylic acids is 1. The molecule has 0 aliphatic heterocycles. The molecule has 3 rings (SSSR count). The van der Waals surface area contributed by atoms with Crippen molar-refractivity contribution in [3.05, 3.63) is 99.4 Å². The highest BCUT2D eigenvalue weighted by Gasteiger charge is 2.23. The van der Waals surface area contributed by atoms with Crippen LogP contribution in [-0.2, 0) is 0 Å². The number of amides is 1. The molecular weight excluding hydrogens is 453 g/mol. The van der Waals surface area contributed by atoms with Crippen molar-refractivity contribution in [2.45, 2.75) is 19.4 Å². The fraction of sp³-hybridized carbons (Fsp3) is 0.208. The van der Waals surface area contributed by atoms with Gasteiger partial charge >= 0.3 is 6.09 Å². The first-order chi connectivity index (χ1) is 16.2. The van der Waals surface area contributed by atoms with Crippen LogP contribution < -0.4 is 9.47 Å². The molecule has 3 aromatic rings. The SMILES string of the molecule is Cc1c(F)cc(OC(CCN(C)C(=O)Oc2ccc([N+](=O)[O-])cc2)c2ccccc2)c(F)c1F. The highest BCUT2D eigenvalue weighted by atomic mass is 19.2. The van der Waals surface area contributed by atoms with Crippen LogP contribution in [0.3, 0.4) is 0 Å². The van der Waals surface area contributed by atoms with Gasteiger partial charge in [-0.1, -0.05) is 30.3 Å². The molecule has 1 unspecified atom stereocenters. The molecule has 0 radical (unpaired) electrons. The fourth-order valence-corrected chi connectivity index (χ4v) is 3.08. The lowest BCUT2D eigenvalue weighted by molar-refractivity contribution is -0.384. The summed E-state index contributed by atoms with van der Waals surface area (Å²) in [4.78, 5) is 23.8. The molecular formula is C24H21F3N2O5. The highest BCUT2D eigenvalue weighted by molar-refractivity contribution is 5.70. The van der Waals surface area contributed by atoms with Gasteiger partial charge in [0.2, 0.25) is 5.82 Å². The van der Waals surface area contributed by atoms with Crippen molar-refractivity contribution in [2.24, 2.45) is 0 Å². The molecule has 0 aliphatic rings. The molecule has 7 nitrogen and oxygen atoms in total. The van der Waals surface area contributed by atoms with Crippen LogP contribution in [0.1, 0.15) is 23.7 Å². The summed E-state index contributed by atoms with van der Waals surface area (Å²) >= 11 is 0. The van der Waals surface area contributed by atoms with E-state index < -0.39 is 45.9 Å². The van der Waals surface area contributed by atoms with Crippen molar-refractivity contribution in [1.82, 2.24) is 4.90 Å². The quantitative estimate of drug-likeness (QED) is 0.229. The van der Waals surface area contributed by atoms with Gasteiger partial charge in [-0.25, -0.2) is 13.6 Å². The summed E-state index contributed by atoms with van der Waals surface area (Å²) in [5, 5.41) is 10.7. The van der Waals surface area contributed by atoms with Crippen LogP contribution in [0.2, 0.25) is 0 Å². The summed E-state index contributed by atoms with van der Waals surface area (Å²) in [5.41, 5.74) is 0.0162. The summed E-state index contributed by atoms with van der Waals surface area (Å²) in [7, 11) is 1.46. The molecule has 1 amide bonds.